The average molecular weight is 199 g/mol. The Hall–Kier alpha value is -0.460. The second kappa shape index (κ2) is 3.12. The highest BCUT2D eigenvalue weighted by atomic mass is 35.5. The van der Waals surface area contributed by atoms with Crippen molar-refractivity contribution in [2.45, 2.75) is 11.8 Å². The highest BCUT2D eigenvalue weighted by Gasteiger charge is 2.15. The number of fused-ring (bicyclic) bond motifs is 1. The fourth-order valence-electron chi connectivity index (χ4n) is 1.45. The number of benzene rings is 1. The second-order valence-electron chi connectivity index (χ2n) is 2.89. The van der Waals surface area contributed by atoms with Crippen molar-refractivity contribution in [2.24, 2.45) is 0 Å². The van der Waals surface area contributed by atoms with Gasteiger partial charge in [-0.05, 0) is 17.2 Å². The highest BCUT2D eigenvalue weighted by Crippen LogP contribution is 2.33. The van der Waals surface area contributed by atoms with Gasteiger partial charge >= 0.3 is 0 Å². The van der Waals surface area contributed by atoms with Gasteiger partial charge in [-0.15, -0.1) is 11.6 Å². The Morgan fingerprint density at radius 1 is 1.25 bits per heavy atom. The summed E-state index contributed by atoms with van der Waals surface area (Å²) >= 11 is 12.0. The Kier molecular flexibility index (Phi) is 2.12. The van der Waals surface area contributed by atoms with E-state index in [0.717, 1.165) is 11.5 Å². The first kappa shape index (κ1) is 8.15. The zero-order chi connectivity index (χ0) is 8.55. The summed E-state index contributed by atoms with van der Waals surface area (Å²) in [6, 6.07) is 8.13. The van der Waals surface area contributed by atoms with E-state index in [1.807, 2.05) is 24.3 Å². The van der Waals surface area contributed by atoms with Crippen molar-refractivity contribution in [3.63, 3.8) is 0 Å². The minimum absolute atomic E-state index is 0.0533. The second-order valence-corrected chi connectivity index (χ2v) is 3.85. The van der Waals surface area contributed by atoms with Crippen molar-refractivity contribution in [3.05, 3.63) is 46.5 Å². The number of hydrogen-bond donors (Lipinski definition) is 0. The van der Waals surface area contributed by atoms with E-state index in [9.17, 15) is 0 Å². The van der Waals surface area contributed by atoms with E-state index in [1.165, 1.54) is 11.1 Å². The van der Waals surface area contributed by atoms with Crippen LogP contribution in [0.4, 0.5) is 0 Å². The predicted molar refractivity (Wildman–Crippen MR) is 52.7 cm³/mol. The molecule has 0 aromatic heterocycles. The quantitative estimate of drug-likeness (QED) is 0.559. The molecule has 0 saturated carbocycles. The van der Waals surface area contributed by atoms with E-state index >= 15 is 0 Å². The summed E-state index contributed by atoms with van der Waals surface area (Å²) < 4.78 is 0. The lowest BCUT2D eigenvalue weighted by atomic mass is 9.97. The van der Waals surface area contributed by atoms with Crippen molar-refractivity contribution in [3.8, 4) is 0 Å². The minimum atomic E-state index is -0.0533. The molecule has 1 aliphatic rings. The number of hydrogen-bond acceptors (Lipinski definition) is 0. The number of alkyl halides is 1. The highest BCUT2D eigenvalue weighted by molar-refractivity contribution is 6.31. The standard InChI is InChI=1S/C10H8Cl2/c11-8-5-7-3-1-2-4-9(7)10(12)6-8/h1-4,6,10H,5H2. The summed E-state index contributed by atoms with van der Waals surface area (Å²) in [5, 5.41) is 0.788. The molecule has 0 bridgehead atoms. The lowest BCUT2D eigenvalue weighted by Gasteiger charge is -2.17. The first-order valence-corrected chi connectivity index (χ1v) is 4.67. The predicted octanol–water partition coefficient (Wildman–Crippen LogP) is 3.65. The summed E-state index contributed by atoms with van der Waals surface area (Å²) in [7, 11) is 0. The van der Waals surface area contributed by atoms with Crippen molar-refractivity contribution in [1.82, 2.24) is 0 Å². The van der Waals surface area contributed by atoms with E-state index < -0.39 is 0 Å². The van der Waals surface area contributed by atoms with Crippen LogP contribution in [0.1, 0.15) is 16.5 Å². The van der Waals surface area contributed by atoms with Crippen LogP contribution in [0.5, 0.6) is 0 Å². The van der Waals surface area contributed by atoms with Crippen LogP contribution in [0.15, 0.2) is 35.4 Å². The molecular formula is C10H8Cl2. The van der Waals surface area contributed by atoms with Crippen LogP contribution in [0.2, 0.25) is 0 Å². The molecule has 0 aliphatic heterocycles. The Morgan fingerprint density at radius 3 is 2.83 bits per heavy atom. The summed E-state index contributed by atoms with van der Waals surface area (Å²) in [4.78, 5) is 0. The molecule has 2 rings (SSSR count). The molecule has 0 amide bonds. The van der Waals surface area contributed by atoms with Gasteiger partial charge in [-0.3, -0.25) is 0 Å². The van der Waals surface area contributed by atoms with Crippen molar-refractivity contribution >= 4 is 23.2 Å². The van der Waals surface area contributed by atoms with E-state index in [0.29, 0.717) is 0 Å². The third-order valence-corrected chi connectivity index (χ3v) is 2.66. The molecule has 62 valence electrons. The van der Waals surface area contributed by atoms with E-state index in [1.54, 1.807) is 0 Å². The van der Waals surface area contributed by atoms with Gasteiger partial charge in [-0.2, -0.15) is 0 Å². The molecule has 1 atom stereocenters. The fraction of sp³-hybridized carbons (Fsp3) is 0.200. The van der Waals surface area contributed by atoms with Crippen LogP contribution < -0.4 is 0 Å². The molecule has 12 heavy (non-hydrogen) atoms. The van der Waals surface area contributed by atoms with Gasteiger partial charge in [0.05, 0.1) is 5.38 Å². The van der Waals surface area contributed by atoms with Crippen LogP contribution in [-0.4, -0.2) is 0 Å². The summed E-state index contributed by atoms with van der Waals surface area (Å²) in [5.74, 6) is 0. The molecule has 1 aromatic carbocycles. The Bertz CT molecular complexity index is 328. The average Bonchev–Trinajstić information content (AvgIpc) is 2.04. The first-order chi connectivity index (χ1) is 5.77. The molecular weight excluding hydrogens is 191 g/mol. The molecule has 1 unspecified atom stereocenters. The van der Waals surface area contributed by atoms with Crippen LogP contribution in [0.25, 0.3) is 0 Å². The molecule has 0 N–H and O–H groups in total. The third kappa shape index (κ3) is 1.37. The molecule has 0 saturated heterocycles. The molecule has 2 heteroatoms. The number of allylic oxidation sites excluding steroid dienone is 2. The first-order valence-electron chi connectivity index (χ1n) is 3.85. The van der Waals surface area contributed by atoms with Gasteiger partial charge in [0.1, 0.15) is 0 Å². The van der Waals surface area contributed by atoms with Gasteiger partial charge in [0.2, 0.25) is 0 Å². The van der Waals surface area contributed by atoms with E-state index in [4.69, 9.17) is 23.2 Å². The maximum absolute atomic E-state index is 6.08. The van der Waals surface area contributed by atoms with Gasteiger partial charge < -0.3 is 0 Å². The zero-order valence-corrected chi connectivity index (χ0v) is 7.94. The molecule has 0 spiro atoms. The molecule has 1 aromatic rings. The van der Waals surface area contributed by atoms with Crippen molar-refractivity contribution in [2.75, 3.05) is 0 Å². The Morgan fingerprint density at radius 2 is 2.00 bits per heavy atom. The monoisotopic (exact) mass is 198 g/mol. The normalized spacial score (nSPS) is 21.5. The molecule has 0 radical (unpaired) electrons. The zero-order valence-electron chi connectivity index (χ0n) is 6.43. The number of halogens is 2. The minimum Gasteiger partial charge on any atom is -0.113 e. The van der Waals surface area contributed by atoms with Gasteiger partial charge in [-0.1, -0.05) is 35.9 Å². The largest absolute Gasteiger partial charge is 0.113 e. The van der Waals surface area contributed by atoms with E-state index in [2.05, 4.69) is 6.07 Å². The molecule has 1 aliphatic carbocycles. The van der Waals surface area contributed by atoms with Crippen molar-refractivity contribution in [1.29, 1.82) is 0 Å². The molecule has 0 heterocycles. The maximum Gasteiger partial charge on any atom is 0.0783 e. The van der Waals surface area contributed by atoms with Crippen LogP contribution >= 0.6 is 23.2 Å². The van der Waals surface area contributed by atoms with Gasteiger partial charge in [0, 0.05) is 11.5 Å². The van der Waals surface area contributed by atoms with Crippen LogP contribution in [0, 0.1) is 0 Å². The fourth-order valence-corrected chi connectivity index (χ4v) is 2.15. The Balaban J connectivity index is 2.48. The van der Waals surface area contributed by atoms with Crippen LogP contribution in [-0.2, 0) is 6.42 Å². The van der Waals surface area contributed by atoms with Crippen LogP contribution in [0.3, 0.4) is 0 Å². The smallest absolute Gasteiger partial charge is 0.0783 e. The van der Waals surface area contributed by atoms with Gasteiger partial charge in [-0.25, -0.2) is 0 Å². The maximum atomic E-state index is 6.08. The summed E-state index contributed by atoms with van der Waals surface area (Å²) in [6.45, 7) is 0. The number of rotatable bonds is 0. The lowest BCUT2D eigenvalue weighted by molar-refractivity contribution is 1.05. The lowest BCUT2D eigenvalue weighted by Crippen LogP contribution is -2.01. The summed E-state index contributed by atoms with van der Waals surface area (Å²) in [6.07, 6.45) is 2.71. The molecule has 0 fully saturated rings. The third-order valence-electron chi connectivity index (χ3n) is 2.04. The SMILES string of the molecule is ClC1=CC(Cl)c2ccccc2C1. The summed E-state index contributed by atoms with van der Waals surface area (Å²) in [5.41, 5.74) is 2.42. The van der Waals surface area contributed by atoms with Gasteiger partial charge in [0.25, 0.3) is 0 Å². The Labute approximate surface area is 81.8 Å². The topological polar surface area (TPSA) is 0 Å². The van der Waals surface area contributed by atoms with Gasteiger partial charge in [0.15, 0.2) is 0 Å². The van der Waals surface area contributed by atoms with Crippen molar-refractivity contribution < 1.29 is 0 Å². The van der Waals surface area contributed by atoms with E-state index in [-0.39, 0.29) is 5.38 Å². The molecule has 0 nitrogen and oxygen atoms in total.